The molecule has 0 aliphatic carbocycles. The smallest absolute Gasteiger partial charge is 0.241 e. The number of aromatic nitrogens is 2. The molecule has 3 heterocycles. The molecule has 7 heteroatoms. The molecule has 0 amide bonds. The predicted molar refractivity (Wildman–Crippen MR) is 75.4 cm³/mol. The maximum Gasteiger partial charge on any atom is 0.241 e. The molecule has 0 bridgehead atoms. The highest BCUT2D eigenvalue weighted by Gasteiger charge is 2.20. The van der Waals surface area contributed by atoms with Gasteiger partial charge in [-0.15, -0.1) is 0 Å². The van der Waals surface area contributed by atoms with Gasteiger partial charge in [0.25, 0.3) is 0 Å². The third kappa shape index (κ3) is 3.69. The number of aliphatic hydroxyl groups excluding tert-OH is 1. The Labute approximate surface area is 123 Å². The van der Waals surface area contributed by atoms with E-state index < -0.39 is 0 Å². The molecule has 114 valence electrons. The molecular weight excluding hydrogens is 272 g/mol. The monoisotopic (exact) mass is 292 g/mol. The van der Waals surface area contributed by atoms with Gasteiger partial charge in [-0.05, 0) is 13.0 Å². The number of hydrogen-bond donors (Lipinski definition) is 1. The summed E-state index contributed by atoms with van der Waals surface area (Å²) in [5, 5.41) is 13.4. The summed E-state index contributed by atoms with van der Waals surface area (Å²) in [5.41, 5.74) is 0.826. The van der Waals surface area contributed by atoms with E-state index in [9.17, 15) is 5.11 Å². The lowest BCUT2D eigenvalue weighted by Crippen LogP contribution is -2.47. The summed E-state index contributed by atoms with van der Waals surface area (Å²) in [6, 6.07) is 1.81. The van der Waals surface area contributed by atoms with Crippen molar-refractivity contribution in [3.8, 4) is 11.4 Å². The van der Waals surface area contributed by atoms with Crippen molar-refractivity contribution >= 4 is 0 Å². The topological polar surface area (TPSA) is 78.8 Å². The summed E-state index contributed by atoms with van der Waals surface area (Å²) in [6.45, 7) is 7.00. The van der Waals surface area contributed by atoms with Crippen molar-refractivity contribution in [1.29, 1.82) is 0 Å². The average Bonchev–Trinajstić information content (AvgIpc) is 3.11. The van der Waals surface area contributed by atoms with Gasteiger partial charge in [0, 0.05) is 32.7 Å². The van der Waals surface area contributed by atoms with Crippen molar-refractivity contribution in [2.24, 2.45) is 0 Å². The van der Waals surface area contributed by atoms with Gasteiger partial charge < -0.3 is 14.0 Å². The molecular formula is C14H20N4O3. The second-order valence-corrected chi connectivity index (χ2v) is 5.45. The quantitative estimate of drug-likeness (QED) is 0.874. The molecule has 1 aliphatic heterocycles. The molecule has 3 rings (SSSR count). The first kappa shape index (κ1) is 14.2. The fourth-order valence-electron chi connectivity index (χ4n) is 2.52. The van der Waals surface area contributed by atoms with Gasteiger partial charge in [-0.25, -0.2) is 0 Å². The molecule has 7 nitrogen and oxygen atoms in total. The van der Waals surface area contributed by atoms with Gasteiger partial charge in [-0.3, -0.25) is 9.80 Å². The van der Waals surface area contributed by atoms with Crippen LogP contribution in [0.2, 0.25) is 0 Å². The summed E-state index contributed by atoms with van der Waals surface area (Å²) < 4.78 is 10.3. The van der Waals surface area contributed by atoms with Crippen molar-refractivity contribution < 1.29 is 14.0 Å². The van der Waals surface area contributed by atoms with E-state index in [0.29, 0.717) is 18.3 Å². The lowest BCUT2D eigenvalue weighted by atomic mass is 10.3. The van der Waals surface area contributed by atoms with E-state index in [-0.39, 0.29) is 6.10 Å². The van der Waals surface area contributed by atoms with Gasteiger partial charge in [0.15, 0.2) is 0 Å². The summed E-state index contributed by atoms with van der Waals surface area (Å²) >= 11 is 0. The van der Waals surface area contributed by atoms with Gasteiger partial charge in [0.1, 0.15) is 6.26 Å². The van der Waals surface area contributed by atoms with E-state index in [1.165, 1.54) is 0 Å². The molecule has 2 aromatic rings. The van der Waals surface area contributed by atoms with E-state index in [0.717, 1.165) is 38.3 Å². The van der Waals surface area contributed by atoms with Gasteiger partial charge in [-0.2, -0.15) is 4.98 Å². The van der Waals surface area contributed by atoms with Crippen molar-refractivity contribution in [3.63, 3.8) is 0 Å². The third-order valence-electron chi connectivity index (χ3n) is 3.59. The Kier molecular flexibility index (Phi) is 4.33. The molecule has 2 aromatic heterocycles. The SMILES string of the molecule is CC(O)CN1CCN(Cc2nc(-c3ccoc3)no2)CC1. The second-order valence-electron chi connectivity index (χ2n) is 5.45. The Morgan fingerprint density at radius 3 is 2.71 bits per heavy atom. The Hall–Kier alpha value is -1.70. The van der Waals surface area contributed by atoms with Crippen LogP contribution in [-0.2, 0) is 6.54 Å². The second kappa shape index (κ2) is 6.38. The minimum atomic E-state index is -0.273. The Bertz CT molecular complexity index is 544. The van der Waals surface area contributed by atoms with Crippen LogP contribution in [0.3, 0.4) is 0 Å². The lowest BCUT2D eigenvalue weighted by molar-refractivity contribution is 0.0737. The highest BCUT2D eigenvalue weighted by molar-refractivity contribution is 5.51. The molecule has 1 fully saturated rings. The van der Waals surface area contributed by atoms with E-state index >= 15 is 0 Å². The number of piperazine rings is 1. The molecule has 0 radical (unpaired) electrons. The third-order valence-corrected chi connectivity index (χ3v) is 3.59. The Balaban J connectivity index is 1.52. The molecule has 0 saturated carbocycles. The van der Waals surface area contributed by atoms with Gasteiger partial charge in [-0.1, -0.05) is 5.16 Å². The highest BCUT2D eigenvalue weighted by atomic mass is 16.5. The Morgan fingerprint density at radius 1 is 1.29 bits per heavy atom. The van der Waals surface area contributed by atoms with Crippen molar-refractivity contribution in [2.45, 2.75) is 19.6 Å². The minimum absolute atomic E-state index is 0.273. The molecule has 0 aromatic carbocycles. The molecule has 1 N–H and O–H groups in total. The summed E-state index contributed by atoms with van der Waals surface area (Å²) in [6.07, 6.45) is 2.92. The number of hydrogen-bond acceptors (Lipinski definition) is 7. The van der Waals surface area contributed by atoms with Crippen LogP contribution in [0.15, 0.2) is 27.5 Å². The summed E-state index contributed by atoms with van der Waals surface area (Å²) in [7, 11) is 0. The lowest BCUT2D eigenvalue weighted by Gasteiger charge is -2.34. The van der Waals surface area contributed by atoms with E-state index in [4.69, 9.17) is 8.94 Å². The van der Waals surface area contributed by atoms with Crippen molar-refractivity contribution in [3.05, 3.63) is 24.5 Å². The van der Waals surface area contributed by atoms with Crippen LogP contribution < -0.4 is 0 Å². The fraction of sp³-hybridized carbons (Fsp3) is 0.571. The first-order valence-electron chi connectivity index (χ1n) is 7.18. The number of furan rings is 1. The number of β-amino-alcohol motifs (C(OH)–C–C–N with tert-alkyl or cyclic N) is 1. The number of nitrogens with zero attached hydrogens (tertiary/aromatic N) is 4. The van der Waals surface area contributed by atoms with Crippen molar-refractivity contribution in [2.75, 3.05) is 32.7 Å². The van der Waals surface area contributed by atoms with Crippen LogP contribution >= 0.6 is 0 Å². The van der Waals surface area contributed by atoms with Crippen LogP contribution in [0.1, 0.15) is 12.8 Å². The molecule has 1 unspecified atom stereocenters. The first-order chi connectivity index (χ1) is 10.2. The molecule has 1 saturated heterocycles. The van der Waals surface area contributed by atoms with Gasteiger partial charge >= 0.3 is 0 Å². The normalized spacial score (nSPS) is 19.0. The maximum absolute atomic E-state index is 9.40. The van der Waals surface area contributed by atoms with E-state index in [1.807, 2.05) is 13.0 Å². The standard InChI is InChI=1S/C14H20N4O3/c1-11(19)8-17-3-5-18(6-4-17)9-13-15-14(16-21-13)12-2-7-20-10-12/h2,7,10-11,19H,3-6,8-9H2,1H3. The number of rotatable bonds is 5. The van der Waals surface area contributed by atoms with Crippen LogP contribution in [0.4, 0.5) is 0 Å². The van der Waals surface area contributed by atoms with Crippen LogP contribution in [0.25, 0.3) is 11.4 Å². The summed E-state index contributed by atoms with van der Waals surface area (Å²) in [4.78, 5) is 8.93. The van der Waals surface area contributed by atoms with Crippen molar-refractivity contribution in [1.82, 2.24) is 19.9 Å². The largest absolute Gasteiger partial charge is 0.472 e. The zero-order valence-electron chi connectivity index (χ0n) is 12.1. The molecule has 21 heavy (non-hydrogen) atoms. The predicted octanol–water partition coefficient (Wildman–Crippen LogP) is 0.828. The van der Waals surface area contributed by atoms with Crippen LogP contribution in [0.5, 0.6) is 0 Å². The van der Waals surface area contributed by atoms with Gasteiger partial charge in [0.05, 0.1) is 24.5 Å². The molecule has 1 atom stereocenters. The fourth-order valence-corrected chi connectivity index (χ4v) is 2.52. The minimum Gasteiger partial charge on any atom is -0.472 e. The van der Waals surface area contributed by atoms with E-state index in [2.05, 4.69) is 19.9 Å². The zero-order valence-corrected chi connectivity index (χ0v) is 12.1. The maximum atomic E-state index is 9.40. The summed E-state index contributed by atoms with van der Waals surface area (Å²) in [5.74, 6) is 1.18. The zero-order chi connectivity index (χ0) is 14.7. The van der Waals surface area contributed by atoms with E-state index in [1.54, 1.807) is 12.5 Å². The van der Waals surface area contributed by atoms with Crippen LogP contribution in [-0.4, -0.2) is 63.9 Å². The Morgan fingerprint density at radius 2 is 2.05 bits per heavy atom. The molecule has 0 spiro atoms. The average molecular weight is 292 g/mol. The highest BCUT2D eigenvalue weighted by Crippen LogP contribution is 2.16. The van der Waals surface area contributed by atoms with Crippen LogP contribution in [0, 0.1) is 0 Å². The first-order valence-corrected chi connectivity index (χ1v) is 7.18. The number of aliphatic hydroxyl groups is 1. The van der Waals surface area contributed by atoms with Gasteiger partial charge in [0.2, 0.25) is 11.7 Å². The molecule has 1 aliphatic rings.